The van der Waals surface area contributed by atoms with Gasteiger partial charge in [-0.05, 0) is 44.4 Å². The molecule has 0 atom stereocenters. The van der Waals surface area contributed by atoms with Crippen LogP contribution in [-0.4, -0.2) is 0 Å². The van der Waals surface area contributed by atoms with Gasteiger partial charge in [0.15, 0.2) is 0 Å². The topological polar surface area (TPSA) is 23.8 Å². The van der Waals surface area contributed by atoms with Crippen molar-refractivity contribution < 1.29 is 0 Å². The van der Waals surface area contributed by atoms with Gasteiger partial charge >= 0.3 is 0 Å². The molecule has 0 aromatic heterocycles. The van der Waals surface area contributed by atoms with Crippen LogP contribution in [0.2, 0.25) is 5.02 Å². The monoisotopic (exact) mass is 207 g/mol. The van der Waals surface area contributed by atoms with E-state index in [-0.39, 0.29) is 0 Å². The summed E-state index contributed by atoms with van der Waals surface area (Å²) in [6.45, 7) is 7.75. The summed E-state index contributed by atoms with van der Waals surface area (Å²) in [5, 5.41) is 9.81. The molecule has 1 nitrogen and oxygen atoms in total. The molecule has 1 aromatic rings. The van der Waals surface area contributed by atoms with Crippen LogP contribution in [0.15, 0.2) is 12.1 Å². The summed E-state index contributed by atoms with van der Waals surface area (Å²) >= 11 is 6.06. The summed E-state index contributed by atoms with van der Waals surface area (Å²) in [4.78, 5) is 0. The van der Waals surface area contributed by atoms with Crippen LogP contribution < -0.4 is 0 Å². The van der Waals surface area contributed by atoms with E-state index in [0.29, 0.717) is 0 Å². The largest absolute Gasteiger partial charge is 0.197 e. The summed E-state index contributed by atoms with van der Waals surface area (Å²) in [7, 11) is 0. The van der Waals surface area contributed by atoms with Crippen LogP contribution in [0.25, 0.3) is 0 Å². The smallest absolute Gasteiger partial charge is 0.0766 e. The second-order valence-corrected chi connectivity index (χ2v) is 4.54. The van der Waals surface area contributed by atoms with E-state index in [2.05, 4.69) is 6.07 Å². The van der Waals surface area contributed by atoms with E-state index in [4.69, 9.17) is 16.9 Å². The van der Waals surface area contributed by atoms with Crippen LogP contribution in [0.5, 0.6) is 0 Å². The molecular formula is C12H14ClN. The van der Waals surface area contributed by atoms with E-state index in [1.807, 2.05) is 39.8 Å². The fourth-order valence-corrected chi connectivity index (χ4v) is 1.48. The third-order valence-corrected chi connectivity index (χ3v) is 3.03. The van der Waals surface area contributed by atoms with Gasteiger partial charge in [0.1, 0.15) is 0 Å². The summed E-state index contributed by atoms with van der Waals surface area (Å²) in [6, 6.07) is 6.26. The summed E-state index contributed by atoms with van der Waals surface area (Å²) < 4.78 is 0. The van der Waals surface area contributed by atoms with Crippen LogP contribution in [0.3, 0.4) is 0 Å². The highest BCUT2D eigenvalue weighted by atomic mass is 35.5. The van der Waals surface area contributed by atoms with Crippen molar-refractivity contribution >= 4 is 11.6 Å². The lowest BCUT2D eigenvalue weighted by molar-refractivity contribution is 0.685. The fourth-order valence-electron chi connectivity index (χ4n) is 1.37. The Labute approximate surface area is 90.3 Å². The number of hydrogen-bond acceptors (Lipinski definition) is 1. The molecule has 0 saturated heterocycles. The molecule has 0 amide bonds. The first-order valence-electron chi connectivity index (χ1n) is 4.57. The number of rotatable bonds is 1. The van der Waals surface area contributed by atoms with E-state index in [9.17, 15) is 0 Å². The Morgan fingerprint density at radius 1 is 1.21 bits per heavy atom. The second kappa shape index (κ2) is 3.63. The molecule has 0 N–H and O–H groups in total. The third kappa shape index (κ3) is 1.91. The highest BCUT2D eigenvalue weighted by molar-refractivity contribution is 6.32. The molecular weight excluding hydrogens is 194 g/mol. The Kier molecular flexibility index (Phi) is 2.87. The van der Waals surface area contributed by atoms with Crippen LogP contribution in [0.1, 0.15) is 30.5 Å². The number of halogens is 1. The lowest BCUT2D eigenvalue weighted by atomic mass is 9.85. The Morgan fingerprint density at radius 3 is 2.00 bits per heavy atom. The number of hydrogen-bond donors (Lipinski definition) is 0. The molecule has 0 heterocycles. The van der Waals surface area contributed by atoms with Gasteiger partial charge in [-0.3, -0.25) is 0 Å². The molecule has 0 aliphatic carbocycles. The SMILES string of the molecule is Cc1cc(C(C)(C)C#N)cc(C)c1Cl. The maximum absolute atomic E-state index is 9.02. The minimum Gasteiger partial charge on any atom is -0.197 e. The molecule has 74 valence electrons. The molecule has 0 unspecified atom stereocenters. The van der Waals surface area contributed by atoms with Gasteiger partial charge in [0.05, 0.1) is 11.5 Å². The van der Waals surface area contributed by atoms with Crippen LogP contribution in [-0.2, 0) is 5.41 Å². The predicted octanol–water partition coefficient (Wildman–Crippen LogP) is 3.76. The van der Waals surface area contributed by atoms with Crippen LogP contribution >= 0.6 is 11.6 Å². The lowest BCUT2D eigenvalue weighted by Gasteiger charge is -2.18. The average molecular weight is 208 g/mol. The van der Waals surface area contributed by atoms with Crippen LogP contribution in [0.4, 0.5) is 0 Å². The van der Waals surface area contributed by atoms with Crippen molar-refractivity contribution in [3.63, 3.8) is 0 Å². The number of nitriles is 1. The van der Waals surface area contributed by atoms with E-state index >= 15 is 0 Å². The number of aryl methyl sites for hydroxylation is 2. The molecule has 0 aliphatic heterocycles. The predicted molar refractivity (Wildman–Crippen MR) is 59.6 cm³/mol. The summed E-state index contributed by atoms with van der Waals surface area (Å²) in [6.07, 6.45) is 0. The number of nitrogens with zero attached hydrogens (tertiary/aromatic N) is 1. The molecule has 1 rings (SSSR count). The molecule has 0 spiro atoms. The van der Waals surface area contributed by atoms with Crippen LogP contribution in [0, 0.1) is 25.2 Å². The molecule has 14 heavy (non-hydrogen) atoms. The molecule has 0 fully saturated rings. The maximum Gasteiger partial charge on any atom is 0.0766 e. The van der Waals surface area contributed by atoms with Gasteiger partial charge < -0.3 is 0 Å². The Hall–Kier alpha value is -1.000. The fraction of sp³-hybridized carbons (Fsp3) is 0.417. The Bertz CT molecular complexity index is 376. The van der Waals surface area contributed by atoms with E-state index in [0.717, 1.165) is 21.7 Å². The van der Waals surface area contributed by atoms with Crippen molar-refractivity contribution in [3.05, 3.63) is 33.8 Å². The maximum atomic E-state index is 9.02. The van der Waals surface area contributed by atoms with Crippen molar-refractivity contribution in [2.45, 2.75) is 33.1 Å². The second-order valence-electron chi connectivity index (χ2n) is 4.16. The zero-order chi connectivity index (χ0) is 10.9. The van der Waals surface area contributed by atoms with Crippen molar-refractivity contribution in [2.24, 2.45) is 0 Å². The van der Waals surface area contributed by atoms with Gasteiger partial charge in [0.2, 0.25) is 0 Å². The Balaban J connectivity index is 3.35. The minimum absolute atomic E-state index is 0.444. The van der Waals surface area contributed by atoms with Gasteiger partial charge in [-0.2, -0.15) is 5.26 Å². The average Bonchev–Trinajstić information content (AvgIpc) is 2.13. The van der Waals surface area contributed by atoms with E-state index < -0.39 is 5.41 Å². The Morgan fingerprint density at radius 2 is 1.64 bits per heavy atom. The van der Waals surface area contributed by atoms with Crippen molar-refractivity contribution in [1.82, 2.24) is 0 Å². The lowest BCUT2D eigenvalue weighted by Crippen LogP contribution is -2.14. The highest BCUT2D eigenvalue weighted by Crippen LogP contribution is 2.28. The molecule has 1 aromatic carbocycles. The first kappa shape index (κ1) is 11.1. The van der Waals surface area contributed by atoms with E-state index in [1.165, 1.54) is 0 Å². The third-order valence-electron chi connectivity index (χ3n) is 2.44. The van der Waals surface area contributed by atoms with E-state index in [1.54, 1.807) is 0 Å². The van der Waals surface area contributed by atoms with Gasteiger partial charge in [0, 0.05) is 5.02 Å². The van der Waals surface area contributed by atoms with Gasteiger partial charge in [0.25, 0.3) is 0 Å². The van der Waals surface area contributed by atoms with Gasteiger partial charge in [-0.25, -0.2) is 0 Å². The molecule has 0 radical (unpaired) electrons. The molecule has 0 aliphatic rings. The van der Waals surface area contributed by atoms with Gasteiger partial charge in [-0.15, -0.1) is 0 Å². The molecule has 0 saturated carbocycles. The normalized spacial score (nSPS) is 11.1. The zero-order valence-corrected chi connectivity index (χ0v) is 9.74. The summed E-state index contributed by atoms with van der Waals surface area (Å²) in [5.74, 6) is 0. The number of benzene rings is 1. The summed E-state index contributed by atoms with van der Waals surface area (Å²) in [5.41, 5.74) is 2.65. The molecule has 0 bridgehead atoms. The van der Waals surface area contributed by atoms with Gasteiger partial charge in [-0.1, -0.05) is 23.7 Å². The first-order chi connectivity index (χ1) is 6.38. The molecule has 2 heteroatoms. The van der Waals surface area contributed by atoms with Crippen molar-refractivity contribution in [1.29, 1.82) is 5.26 Å². The standard InChI is InChI=1S/C12H14ClN/c1-8-5-10(12(3,4)7-14)6-9(2)11(8)13/h5-6H,1-4H3. The highest BCUT2D eigenvalue weighted by Gasteiger charge is 2.20. The van der Waals surface area contributed by atoms with Crippen molar-refractivity contribution in [3.8, 4) is 6.07 Å². The van der Waals surface area contributed by atoms with Crippen molar-refractivity contribution in [2.75, 3.05) is 0 Å². The zero-order valence-electron chi connectivity index (χ0n) is 8.98. The first-order valence-corrected chi connectivity index (χ1v) is 4.95. The minimum atomic E-state index is -0.444. The quantitative estimate of drug-likeness (QED) is 0.688.